The highest BCUT2D eigenvalue weighted by Crippen LogP contribution is 2.46. The second-order valence-corrected chi connectivity index (χ2v) is 9.00. The zero-order chi connectivity index (χ0) is 22.9. The van der Waals surface area contributed by atoms with Gasteiger partial charge in [-0.2, -0.15) is 18.3 Å². The smallest absolute Gasteiger partial charge is 0.379 e. The summed E-state index contributed by atoms with van der Waals surface area (Å²) in [5.74, 6) is -0.612. The van der Waals surface area contributed by atoms with Crippen LogP contribution in [0, 0.1) is 0 Å². The highest BCUT2D eigenvalue weighted by molar-refractivity contribution is 9.10. The van der Waals surface area contributed by atoms with Crippen molar-refractivity contribution in [1.29, 1.82) is 0 Å². The first-order valence-electron chi connectivity index (χ1n) is 10.2. The van der Waals surface area contributed by atoms with E-state index in [2.05, 4.69) is 36.6 Å². The van der Waals surface area contributed by atoms with Gasteiger partial charge in [-0.25, -0.2) is 4.68 Å². The molecule has 32 heavy (non-hydrogen) atoms. The maximum atomic E-state index is 13.9. The molecule has 1 saturated heterocycles. The van der Waals surface area contributed by atoms with Crippen LogP contribution in [0.5, 0.6) is 0 Å². The van der Waals surface area contributed by atoms with Gasteiger partial charge in [0, 0.05) is 37.1 Å². The third kappa shape index (κ3) is 5.05. The molecule has 2 aromatic rings. The van der Waals surface area contributed by atoms with E-state index in [1.165, 1.54) is 0 Å². The van der Waals surface area contributed by atoms with Crippen LogP contribution < -0.4 is 10.6 Å². The number of morpholine rings is 1. The molecule has 12 heteroatoms. The molecule has 2 N–H and O–H groups in total. The Bertz CT molecular complexity index is 963. The van der Waals surface area contributed by atoms with Crippen molar-refractivity contribution in [1.82, 2.24) is 20.0 Å². The molecule has 0 bridgehead atoms. The first-order chi connectivity index (χ1) is 15.2. The number of nitrogens with one attached hydrogen (secondary N) is 2. The molecule has 2 aliphatic heterocycles. The molecule has 1 fully saturated rings. The average Bonchev–Trinajstić information content (AvgIpc) is 3.10. The number of aromatic nitrogens is 2. The van der Waals surface area contributed by atoms with Crippen molar-refractivity contribution in [2.24, 2.45) is 0 Å². The summed E-state index contributed by atoms with van der Waals surface area (Å²) >= 11 is 9.68. The standard InChI is InChI=1S/C20H22BrClF3N5O2/c21-13-3-1-12(2-4-13)14-11-15(20(23,24)25)30-18(27-14)16(22)17(28-30)19(31)26-5-6-29-7-9-32-10-8-29/h1-4,14-15,27H,5-11H2,(H,26,31)/t14-,15-/m1/s1. The summed E-state index contributed by atoms with van der Waals surface area (Å²) in [6, 6.07) is 4.48. The van der Waals surface area contributed by atoms with Gasteiger partial charge in [0.05, 0.1) is 19.3 Å². The molecule has 1 aromatic heterocycles. The molecule has 3 heterocycles. The predicted octanol–water partition coefficient (Wildman–Crippen LogP) is 4.02. The fraction of sp³-hybridized carbons (Fsp3) is 0.500. The molecule has 4 rings (SSSR count). The number of alkyl halides is 3. The molecule has 2 atom stereocenters. The normalized spacial score (nSPS) is 21.7. The van der Waals surface area contributed by atoms with E-state index in [-0.39, 0.29) is 23.0 Å². The largest absolute Gasteiger partial charge is 0.410 e. The number of carbonyl (C=O) groups excluding carboxylic acids is 1. The van der Waals surface area contributed by atoms with Gasteiger partial charge in [0.25, 0.3) is 5.91 Å². The number of fused-ring (bicyclic) bond motifs is 1. The Hall–Kier alpha value is -1.82. The number of rotatable bonds is 5. The quantitative estimate of drug-likeness (QED) is 0.604. The predicted molar refractivity (Wildman–Crippen MR) is 117 cm³/mol. The van der Waals surface area contributed by atoms with Crippen molar-refractivity contribution < 1.29 is 22.7 Å². The fourth-order valence-electron chi connectivity index (χ4n) is 3.88. The van der Waals surface area contributed by atoms with Gasteiger partial charge in [-0.15, -0.1) is 0 Å². The topological polar surface area (TPSA) is 71.4 Å². The number of anilines is 1. The van der Waals surface area contributed by atoms with Crippen LogP contribution in [0.4, 0.5) is 19.0 Å². The summed E-state index contributed by atoms with van der Waals surface area (Å²) in [5, 5.41) is 9.57. The maximum Gasteiger partial charge on any atom is 0.410 e. The average molecular weight is 537 g/mol. The number of nitrogens with zero attached hydrogens (tertiary/aromatic N) is 3. The van der Waals surface area contributed by atoms with E-state index < -0.39 is 24.2 Å². The molecular weight excluding hydrogens is 515 g/mol. The van der Waals surface area contributed by atoms with Gasteiger partial charge < -0.3 is 15.4 Å². The number of halogens is 5. The van der Waals surface area contributed by atoms with Crippen LogP contribution in [-0.2, 0) is 4.74 Å². The van der Waals surface area contributed by atoms with Crippen LogP contribution >= 0.6 is 27.5 Å². The number of ether oxygens (including phenoxy) is 1. The third-order valence-electron chi connectivity index (χ3n) is 5.60. The van der Waals surface area contributed by atoms with Gasteiger partial charge >= 0.3 is 6.18 Å². The molecule has 7 nitrogen and oxygen atoms in total. The second-order valence-electron chi connectivity index (χ2n) is 7.71. The van der Waals surface area contributed by atoms with Crippen LogP contribution in [0.3, 0.4) is 0 Å². The van der Waals surface area contributed by atoms with E-state index in [4.69, 9.17) is 16.3 Å². The highest BCUT2D eigenvalue weighted by Gasteiger charge is 2.47. The van der Waals surface area contributed by atoms with Crippen molar-refractivity contribution in [3.05, 3.63) is 45.0 Å². The van der Waals surface area contributed by atoms with E-state index >= 15 is 0 Å². The zero-order valence-corrected chi connectivity index (χ0v) is 19.3. The van der Waals surface area contributed by atoms with Crippen molar-refractivity contribution in [2.75, 3.05) is 44.7 Å². The SMILES string of the molecule is O=C(NCCN1CCOCC1)c1nn2c(c1Cl)N[C@@H](c1ccc(Br)cc1)C[C@@H]2C(F)(F)F. The number of hydrogen-bond donors (Lipinski definition) is 2. The molecule has 174 valence electrons. The first kappa shape index (κ1) is 23.3. The van der Waals surface area contributed by atoms with E-state index in [0.29, 0.717) is 31.9 Å². The van der Waals surface area contributed by atoms with Gasteiger partial charge in [-0.1, -0.05) is 39.7 Å². The molecule has 1 aromatic carbocycles. The van der Waals surface area contributed by atoms with Crippen LogP contribution in [0.2, 0.25) is 5.02 Å². The van der Waals surface area contributed by atoms with Gasteiger partial charge in [0.15, 0.2) is 11.7 Å². The lowest BCUT2D eigenvalue weighted by Gasteiger charge is -2.33. The number of benzene rings is 1. The lowest BCUT2D eigenvalue weighted by Crippen LogP contribution is -2.41. The van der Waals surface area contributed by atoms with Crippen molar-refractivity contribution in [3.8, 4) is 0 Å². The molecule has 2 aliphatic rings. The van der Waals surface area contributed by atoms with E-state index in [1.54, 1.807) is 24.3 Å². The van der Waals surface area contributed by atoms with Crippen molar-refractivity contribution >= 4 is 39.3 Å². The van der Waals surface area contributed by atoms with Crippen LogP contribution in [0.25, 0.3) is 0 Å². The zero-order valence-electron chi connectivity index (χ0n) is 17.0. The van der Waals surface area contributed by atoms with Crippen LogP contribution in [0.1, 0.15) is 34.6 Å². The van der Waals surface area contributed by atoms with E-state index in [0.717, 1.165) is 22.2 Å². The Morgan fingerprint density at radius 1 is 1.28 bits per heavy atom. The number of carbonyl (C=O) groups is 1. The van der Waals surface area contributed by atoms with Gasteiger partial charge in [-0.05, 0) is 17.7 Å². The van der Waals surface area contributed by atoms with Crippen molar-refractivity contribution in [2.45, 2.75) is 24.7 Å². The second kappa shape index (κ2) is 9.58. The summed E-state index contributed by atoms with van der Waals surface area (Å²) in [6.07, 6.45) is -4.82. The maximum absolute atomic E-state index is 13.9. The fourth-order valence-corrected chi connectivity index (χ4v) is 4.41. The highest BCUT2D eigenvalue weighted by atomic mass is 79.9. The Morgan fingerprint density at radius 3 is 2.62 bits per heavy atom. The first-order valence-corrected chi connectivity index (χ1v) is 11.4. The minimum absolute atomic E-state index is 0.00788. The Kier molecular flexibility index (Phi) is 6.99. The minimum Gasteiger partial charge on any atom is -0.379 e. The molecule has 0 radical (unpaired) electrons. The summed E-state index contributed by atoms with van der Waals surface area (Å²) < 4.78 is 48.5. The van der Waals surface area contributed by atoms with E-state index in [9.17, 15) is 18.0 Å². The summed E-state index contributed by atoms with van der Waals surface area (Å²) in [7, 11) is 0. The Labute approximate surface area is 196 Å². The number of hydrogen-bond acceptors (Lipinski definition) is 5. The molecular formula is C20H22BrClF3N5O2. The van der Waals surface area contributed by atoms with E-state index in [1.807, 2.05) is 0 Å². The molecule has 0 saturated carbocycles. The van der Waals surface area contributed by atoms with Crippen LogP contribution in [0.15, 0.2) is 28.7 Å². The van der Waals surface area contributed by atoms with Gasteiger partial charge in [-0.3, -0.25) is 9.69 Å². The molecule has 0 spiro atoms. The summed E-state index contributed by atoms with van der Waals surface area (Å²) in [5.41, 5.74) is 0.462. The lowest BCUT2D eigenvalue weighted by atomic mass is 9.97. The molecule has 0 aliphatic carbocycles. The summed E-state index contributed by atoms with van der Waals surface area (Å²) in [4.78, 5) is 14.8. The number of amides is 1. The minimum atomic E-state index is -4.55. The Morgan fingerprint density at radius 2 is 1.97 bits per heavy atom. The molecule has 0 unspecified atom stereocenters. The van der Waals surface area contributed by atoms with Crippen LogP contribution in [-0.4, -0.2) is 66.2 Å². The van der Waals surface area contributed by atoms with Gasteiger partial charge in [0.1, 0.15) is 10.8 Å². The molecule has 1 amide bonds. The monoisotopic (exact) mass is 535 g/mol. The third-order valence-corrected chi connectivity index (χ3v) is 6.49. The van der Waals surface area contributed by atoms with Gasteiger partial charge in [0.2, 0.25) is 0 Å². The lowest BCUT2D eigenvalue weighted by molar-refractivity contribution is -0.173. The summed E-state index contributed by atoms with van der Waals surface area (Å²) in [6.45, 7) is 3.74. The van der Waals surface area contributed by atoms with Crippen molar-refractivity contribution in [3.63, 3.8) is 0 Å². The Balaban J connectivity index is 1.53.